The van der Waals surface area contributed by atoms with Crippen molar-refractivity contribution in [3.63, 3.8) is 0 Å². The molecule has 1 amide bonds. The molecule has 0 spiro atoms. The van der Waals surface area contributed by atoms with E-state index in [1.807, 2.05) is 48.7 Å². The van der Waals surface area contributed by atoms with Crippen molar-refractivity contribution in [1.29, 1.82) is 0 Å². The molecule has 17 heavy (non-hydrogen) atoms. The number of amides is 1. The molecule has 1 aromatic carbocycles. The van der Waals surface area contributed by atoms with Crippen molar-refractivity contribution in [1.82, 2.24) is 5.32 Å². The number of hydrogen-bond donors (Lipinski definition) is 1. The number of nitrogens with one attached hydrogen (secondary N) is 1. The Morgan fingerprint density at radius 2 is 2.18 bits per heavy atom. The predicted octanol–water partition coefficient (Wildman–Crippen LogP) is 4.00. The molecule has 0 bridgehead atoms. The Labute approximate surface area is 113 Å². The zero-order chi connectivity index (χ0) is 12.3. The van der Waals surface area contributed by atoms with E-state index in [4.69, 9.17) is 0 Å². The van der Waals surface area contributed by atoms with Crippen molar-refractivity contribution in [3.8, 4) is 0 Å². The third kappa shape index (κ3) is 3.17. The van der Waals surface area contributed by atoms with Crippen LogP contribution in [0.25, 0.3) is 0 Å². The molecule has 2 rings (SSSR count). The molecule has 2 aromatic rings. The Balaban J connectivity index is 2.07. The van der Waals surface area contributed by atoms with Gasteiger partial charge in [-0.05, 0) is 36.1 Å². The molecule has 1 heterocycles. The Bertz CT molecular complexity index is 510. The lowest BCUT2D eigenvalue weighted by Gasteiger charge is -2.13. The number of thiophene rings is 1. The van der Waals surface area contributed by atoms with Crippen molar-refractivity contribution in [2.75, 3.05) is 0 Å². The first-order valence-corrected chi connectivity index (χ1v) is 6.94. The van der Waals surface area contributed by atoms with Crippen molar-refractivity contribution < 1.29 is 4.79 Å². The molecular weight excluding hydrogens is 298 g/mol. The standard InChI is InChI=1S/C13H12BrNOS/c1-9(10-4-2-5-11(14)8-10)15-13(16)12-6-3-7-17-12/h2-9H,1H3,(H,15,16). The summed E-state index contributed by atoms with van der Waals surface area (Å²) in [4.78, 5) is 12.6. The fourth-order valence-corrected chi connectivity index (χ4v) is 2.58. The highest BCUT2D eigenvalue weighted by atomic mass is 79.9. The van der Waals surface area contributed by atoms with Gasteiger partial charge >= 0.3 is 0 Å². The first-order valence-electron chi connectivity index (χ1n) is 5.26. The van der Waals surface area contributed by atoms with E-state index in [1.54, 1.807) is 0 Å². The van der Waals surface area contributed by atoms with Crippen LogP contribution in [-0.4, -0.2) is 5.91 Å². The van der Waals surface area contributed by atoms with E-state index in [9.17, 15) is 4.79 Å². The van der Waals surface area contributed by atoms with Gasteiger partial charge in [0, 0.05) is 4.47 Å². The number of halogens is 1. The predicted molar refractivity (Wildman–Crippen MR) is 74.3 cm³/mol. The molecule has 1 atom stereocenters. The largest absolute Gasteiger partial charge is 0.345 e. The highest BCUT2D eigenvalue weighted by Crippen LogP contribution is 2.18. The van der Waals surface area contributed by atoms with Gasteiger partial charge in [0.1, 0.15) is 0 Å². The molecule has 4 heteroatoms. The minimum Gasteiger partial charge on any atom is -0.345 e. The second-order valence-corrected chi connectivity index (χ2v) is 5.59. The summed E-state index contributed by atoms with van der Waals surface area (Å²) in [5, 5.41) is 4.88. The van der Waals surface area contributed by atoms with Gasteiger partial charge in [0.05, 0.1) is 10.9 Å². The lowest BCUT2D eigenvalue weighted by atomic mass is 10.1. The summed E-state index contributed by atoms with van der Waals surface area (Å²) in [5.74, 6) is -0.0209. The van der Waals surface area contributed by atoms with Crippen molar-refractivity contribution in [3.05, 3.63) is 56.7 Å². The Morgan fingerprint density at radius 1 is 1.35 bits per heavy atom. The van der Waals surface area contributed by atoms with E-state index in [0.29, 0.717) is 0 Å². The van der Waals surface area contributed by atoms with Crippen LogP contribution in [0.3, 0.4) is 0 Å². The average Bonchev–Trinajstić information content (AvgIpc) is 2.82. The Kier molecular flexibility index (Phi) is 3.97. The van der Waals surface area contributed by atoms with Gasteiger partial charge in [-0.2, -0.15) is 0 Å². The van der Waals surface area contributed by atoms with Crippen molar-refractivity contribution in [2.24, 2.45) is 0 Å². The van der Waals surface area contributed by atoms with E-state index in [2.05, 4.69) is 21.2 Å². The number of carbonyl (C=O) groups excluding carboxylic acids is 1. The van der Waals surface area contributed by atoms with Crippen LogP contribution in [0.5, 0.6) is 0 Å². The first kappa shape index (κ1) is 12.3. The molecule has 0 aliphatic carbocycles. The van der Waals surface area contributed by atoms with Gasteiger partial charge in [-0.25, -0.2) is 0 Å². The van der Waals surface area contributed by atoms with Crippen LogP contribution in [0, 0.1) is 0 Å². The Hall–Kier alpha value is -1.13. The lowest BCUT2D eigenvalue weighted by Crippen LogP contribution is -2.25. The molecule has 0 saturated heterocycles. The molecule has 0 aliphatic heterocycles. The van der Waals surface area contributed by atoms with Crippen LogP contribution in [0.2, 0.25) is 0 Å². The van der Waals surface area contributed by atoms with Gasteiger partial charge in [-0.3, -0.25) is 4.79 Å². The summed E-state index contributed by atoms with van der Waals surface area (Å²) in [7, 11) is 0. The van der Waals surface area contributed by atoms with Gasteiger partial charge in [-0.15, -0.1) is 11.3 Å². The number of benzene rings is 1. The average molecular weight is 310 g/mol. The molecule has 0 saturated carbocycles. The molecule has 1 unspecified atom stereocenters. The van der Waals surface area contributed by atoms with Gasteiger partial charge in [0.2, 0.25) is 0 Å². The molecule has 1 N–H and O–H groups in total. The molecular formula is C13H12BrNOS. The number of rotatable bonds is 3. The number of carbonyl (C=O) groups is 1. The third-order valence-corrected chi connectivity index (χ3v) is 3.80. The third-order valence-electron chi connectivity index (χ3n) is 2.44. The van der Waals surface area contributed by atoms with E-state index in [0.717, 1.165) is 14.9 Å². The van der Waals surface area contributed by atoms with E-state index >= 15 is 0 Å². The normalized spacial score (nSPS) is 12.1. The van der Waals surface area contributed by atoms with Crippen LogP contribution in [0.15, 0.2) is 46.3 Å². The second kappa shape index (κ2) is 5.47. The van der Waals surface area contributed by atoms with E-state index in [-0.39, 0.29) is 11.9 Å². The summed E-state index contributed by atoms with van der Waals surface area (Å²) in [5.41, 5.74) is 1.09. The van der Waals surface area contributed by atoms with Crippen LogP contribution in [0.4, 0.5) is 0 Å². The zero-order valence-corrected chi connectivity index (χ0v) is 11.7. The molecule has 0 radical (unpaired) electrons. The SMILES string of the molecule is CC(NC(=O)c1cccs1)c1cccc(Br)c1. The molecule has 88 valence electrons. The molecule has 2 nitrogen and oxygen atoms in total. The topological polar surface area (TPSA) is 29.1 Å². The van der Waals surface area contributed by atoms with Crippen molar-refractivity contribution >= 4 is 33.2 Å². The quantitative estimate of drug-likeness (QED) is 0.912. The smallest absolute Gasteiger partial charge is 0.261 e. The van der Waals surface area contributed by atoms with E-state index in [1.165, 1.54) is 11.3 Å². The first-order chi connectivity index (χ1) is 8.16. The summed E-state index contributed by atoms with van der Waals surface area (Å²) in [6, 6.07) is 11.7. The maximum absolute atomic E-state index is 11.9. The van der Waals surface area contributed by atoms with Gasteiger partial charge in [0.15, 0.2) is 0 Å². The molecule has 0 aliphatic rings. The summed E-state index contributed by atoms with van der Waals surface area (Å²) in [6.45, 7) is 1.98. The van der Waals surface area contributed by atoms with Gasteiger partial charge in [0.25, 0.3) is 5.91 Å². The summed E-state index contributed by atoms with van der Waals surface area (Å²) < 4.78 is 1.02. The number of hydrogen-bond acceptors (Lipinski definition) is 2. The lowest BCUT2D eigenvalue weighted by molar-refractivity contribution is 0.0944. The minimum atomic E-state index is -0.0209. The van der Waals surface area contributed by atoms with E-state index < -0.39 is 0 Å². The maximum Gasteiger partial charge on any atom is 0.261 e. The fourth-order valence-electron chi connectivity index (χ4n) is 1.53. The highest BCUT2D eigenvalue weighted by Gasteiger charge is 2.11. The summed E-state index contributed by atoms with van der Waals surface area (Å²) in [6.07, 6.45) is 0. The molecule has 1 aromatic heterocycles. The zero-order valence-electron chi connectivity index (χ0n) is 9.31. The maximum atomic E-state index is 11.9. The monoisotopic (exact) mass is 309 g/mol. The minimum absolute atomic E-state index is 0.00194. The van der Waals surface area contributed by atoms with Crippen LogP contribution < -0.4 is 5.32 Å². The van der Waals surface area contributed by atoms with Gasteiger partial charge in [-0.1, -0.05) is 34.1 Å². The highest BCUT2D eigenvalue weighted by molar-refractivity contribution is 9.10. The second-order valence-electron chi connectivity index (χ2n) is 3.73. The van der Waals surface area contributed by atoms with Crippen molar-refractivity contribution in [2.45, 2.75) is 13.0 Å². The Morgan fingerprint density at radius 3 is 2.82 bits per heavy atom. The fraction of sp³-hybridized carbons (Fsp3) is 0.154. The van der Waals surface area contributed by atoms with Gasteiger partial charge < -0.3 is 5.32 Å². The van der Waals surface area contributed by atoms with Crippen LogP contribution >= 0.6 is 27.3 Å². The van der Waals surface area contributed by atoms with Crippen LogP contribution in [0.1, 0.15) is 28.2 Å². The molecule has 0 fully saturated rings. The van der Waals surface area contributed by atoms with Crippen LogP contribution in [-0.2, 0) is 0 Å². The summed E-state index contributed by atoms with van der Waals surface area (Å²) >= 11 is 4.87.